The zero-order valence-corrected chi connectivity index (χ0v) is 14.0. The van der Waals surface area contributed by atoms with E-state index in [0.717, 1.165) is 10.1 Å². The molecule has 114 valence electrons. The van der Waals surface area contributed by atoms with Crippen LogP contribution in [-0.4, -0.2) is 31.4 Å². The molecular formula is C14H17ClN2O2S2. The van der Waals surface area contributed by atoms with E-state index in [2.05, 4.69) is 0 Å². The van der Waals surface area contributed by atoms with Gasteiger partial charge in [0, 0.05) is 28.4 Å². The molecule has 2 N–H and O–H groups in total. The molecule has 1 aliphatic heterocycles. The summed E-state index contributed by atoms with van der Waals surface area (Å²) in [5.41, 5.74) is 5.91. The van der Waals surface area contributed by atoms with Gasteiger partial charge in [-0.3, -0.25) is 0 Å². The Labute approximate surface area is 133 Å². The van der Waals surface area contributed by atoms with Crippen molar-refractivity contribution in [3.8, 4) is 0 Å². The first-order valence-corrected chi connectivity index (χ1v) is 9.48. The first-order valence-electron chi connectivity index (χ1n) is 6.84. The van der Waals surface area contributed by atoms with Crippen LogP contribution in [0.2, 0.25) is 5.02 Å². The second-order valence-corrected chi connectivity index (χ2v) is 9.13. The molecule has 0 amide bonds. The molecule has 21 heavy (non-hydrogen) atoms. The van der Waals surface area contributed by atoms with E-state index in [0.29, 0.717) is 28.6 Å². The first-order chi connectivity index (χ1) is 9.88. The molecule has 1 aromatic carbocycles. The quantitative estimate of drug-likeness (QED) is 0.910. The smallest absolute Gasteiger partial charge is 0.252 e. The van der Waals surface area contributed by atoms with Crippen molar-refractivity contribution < 1.29 is 8.42 Å². The fourth-order valence-electron chi connectivity index (χ4n) is 2.78. The normalized spacial score (nSPS) is 24.5. The molecule has 0 aliphatic carbocycles. The third-order valence-corrected chi connectivity index (χ3v) is 7.69. The Hall–Kier alpha value is -0.660. The maximum atomic E-state index is 12.8. The summed E-state index contributed by atoms with van der Waals surface area (Å²) < 4.78 is 28.5. The van der Waals surface area contributed by atoms with Gasteiger partial charge in [-0.15, -0.1) is 11.3 Å². The monoisotopic (exact) mass is 344 g/mol. The molecule has 7 heteroatoms. The number of hydrogen-bond donors (Lipinski definition) is 1. The Morgan fingerprint density at radius 1 is 1.38 bits per heavy atom. The molecule has 1 aromatic heterocycles. The van der Waals surface area contributed by atoms with Crippen LogP contribution in [0.15, 0.2) is 28.5 Å². The van der Waals surface area contributed by atoms with E-state index >= 15 is 0 Å². The number of fused-ring (bicyclic) bond motifs is 1. The number of rotatable bonds is 2. The van der Waals surface area contributed by atoms with Crippen molar-refractivity contribution in [1.29, 1.82) is 0 Å². The van der Waals surface area contributed by atoms with E-state index in [1.165, 1.54) is 11.3 Å². The molecule has 1 aliphatic rings. The third kappa shape index (κ3) is 2.83. The molecular weight excluding hydrogens is 328 g/mol. The van der Waals surface area contributed by atoms with E-state index in [1.54, 1.807) is 22.5 Å². The van der Waals surface area contributed by atoms with Gasteiger partial charge in [0.15, 0.2) is 0 Å². The summed E-state index contributed by atoms with van der Waals surface area (Å²) in [6.07, 6.45) is 1.41. The van der Waals surface area contributed by atoms with Crippen molar-refractivity contribution in [2.24, 2.45) is 5.73 Å². The van der Waals surface area contributed by atoms with Gasteiger partial charge in [-0.2, -0.15) is 4.31 Å². The van der Waals surface area contributed by atoms with Crippen LogP contribution in [0, 0.1) is 0 Å². The van der Waals surface area contributed by atoms with Crippen LogP contribution in [0.4, 0.5) is 0 Å². The van der Waals surface area contributed by atoms with E-state index < -0.39 is 10.0 Å². The lowest BCUT2D eigenvalue weighted by molar-refractivity contribution is 0.247. The van der Waals surface area contributed by atoms with Gasteiger partial charge in [-0.25, -0.2) is 8.42 Å². The maximum absolute atomic E-state index is 12.8. The molecule has 1 fully saturated rings. The summed E-state index contributed by atoms with van der Waals surface area (Å²) in [6, 6.07) is 7.17. The number of nitrogens with zero attached hydrogens (tertiary/aromatic N) is 1. The third-order valence-electron chi connectivity index (χ3n) is 3.87. The maximum Gasteiger partial charge on any atom is 0.252 e. The number of halogens is 1. The highest BCUT2D eigenvalue weighted by atomic mass is 35.5. The molecule has 0 radical (unpaired) electrons. The average molecular weight is 345 g/mol. The van der Waals surface area contributed by atoms with E-state index in [1.807, 2.05) is 13.0 Å². The summed E-state index contributed by atoms with van der Waals surface area (Å²) in [7, 11) is -3.46. The van der Waals surface area contributed by atoms with Crippen molar-refractivity contribution in [3.63, 3.8) is 0 Å². The molecule has 2 heterocycles. The summed E-state index contributed by atoms with van der Waals surface area (Å²) >= 11 is 7.25. The largest absolute Gasteiger partial charge is 0.328 e. The van der Waals surface area contributed by atoms with Crippen LogP contribution in [0.5, 0.6) is 0 Å². The van der Waals surface area contributed by atoms with Crippen molar-refractivity contribution in [2.75, 3.05) is 6.54 Å². The number of thiophene rings is 1. The lowest BCUT2D eigenvalue weighted by Gasteiger charge is -2.34. The molecule has 0 unspecified atom stereocenters. The fraction of sp³-hybridized carbons (Fsp3) is 0.429. The van der Waals surface area contributed by atoms with Crippen molar-refractivity contribution in [1.82, 2.24) is 4.31 Å². The van der Waals surface area contributed by atoms with E-state index in [-0.39, 0.29) is 12.1 Å². The number of hydrogen-bond acceptors (Lipinski definition) is 4. The predicted octanol–water partition coefficient (Wildman–Crippen LogP) is 3.06. The SMILES string of the molecule is C[C@@H]1C[C@@H](N)CCN1S(=O)(=O)c1cc2cc(Cl)ccc2s1. The van der Waals surface area contributed by atoms with Crippen LogP contribution in [0.3, 0.4) is 0 Å². The number of piperidine rings is 1. The standard InChI is InChI=1S/C14H17ClN2O2S2/c1-9-6-12(16)4-5-17(9)21(18,19)14-8-10-7-11(15)2-3-13(10)20-14/h2-3,7-9,12H,4-6,16H2,1H3/t9-,12+/m1/s1. The van der Waals surface area contributed by atoms with Crippen molar-refractivity contribution in [2.45, 2.75) is 36.1 Å². The highest BCUT2D eigenvalue weighted by Crippen LogP contribution is 2.34. The second-order valence-electron chi connectivity index (χ2n) is 5.50. The summed E-state index contributed by atoms with van der Waals surface area (Å²) in [5.74, 6) is 0. The van der Waals surface area contributed by atoms with Crippen LogP contribution in [-0.2, 0) is 10.0 Å². The topological polar surface area (TPSA) is 63.4 Å². The van der Waals surface area contributed by atoms with Crippen LogP contribution >= 0.6 is 22.9 Å². The Bertz CT molecular complexity index is 772. The van der Waals surface area contributed by atoms with Crippen LogP contribution in [0.25, 0.3) is 10.1 Å². The van der Waals surface area contributed by atoms with Gasteiger partial charge in [0.1, 0.15) is 4.21 Å². The van der Waals surface area contributed by atoms with Crippen molar-refractivity contribution in [3.05, 3.63) is 29.3 Å². The van der Waals surface area contributed by atoms with Gasteiger partial charge in [-0.1, -0.05) is 11.6 Å². The number of nitrogens with two attached hydrogens (primary N) is 1. The van der Waals surface area contributed by atoms with Crippen LogP contribution < -0.4 is 5.73 Å². The number of benzene rings is 1. The predicted molar refractivity (Wildman–Crippen MR) is 87.4 cm³/mol. The first kappa shape index (κ1) is 15.2. The van der Waals surface area contributed by atoms with Gasteiger partial charge in [0.2, 0.25) is 0 Å². The Morgan fingerprint density at radius 3 is 2.86 bits per heavy atom. The summed E-state index contributed by atoms with van der Waals surface area (Å²) in [6.45, 7) is 2.40. The summed E-state index contributed by atoms with van der Waals surface area (Å²) in [5, 5.41) is 1.48. The number of sulfonamides is 1. The molecule has 1 saturated heterocycles. The van der Waals surface area contributed by atoms with Gasteiger partial charge >= 0.3 is 0 Å². The minimum atomic E-state index is -3.46. The van der Waals surface area contributed by atoms with E-state index in [4.69, 9.17) is 17.3 Å². The highest BCUT2D eigenvalue weighted by molar-refractivity contribution is 7.91. The Kier molecular flexibility index (Phi) is 4.00. The minimum absolute atomic E-state index is 0.0625. The van der Waals surface area contributed by atoms with Gasteiger partial charge < -0.3 is 5.73 Å². The fourth-order valence-corrected chi connectivity index (χ4v) is 6.12. The van der Waals surface area contributed by atoms with E-state index in [9.17, 15) is 8.42 Å². The van der Waals surface area contributed by atoms with Gasteiger partial charge in [0.05, 0.1) is 0 Å². The lowest BCUT2D eigenvalue weighted by atomic mass is 10.0. The molecule has 2 aromatic rings. The van der Waals surface area contributed by atoms with Crippen LogP contribution in [0.1, 0.15) is 19.8 Å². The Balaban J connectivity index is 2.00. The molecule has 0 spiro atoms. The van der Waals surface area contributed by atoms with Gasteiger partial charge in [-0.05, 0) is 49.4 Å². The molecule has 0 bridgehead atoms. The lowest BCUT2D eigenvalue weighted by Crippen LogP contribution is -2.48. The molecule has 4 nitrogen and oxygen atoms in total. The molecule has 2 atom stereocenters. The minimum Gasteiger partial charge on any atom is -0.328 e. The highest BCUT2D eigenvalue weighted by Gasteiger charge is 2.34. The van der Waals surface area contributed by atoms with Gasteiger partial charge in [0.25, 0.3) is 10.0 Å². The molecule has 0 saturated carbocycles. The zero-order chi connectivity index (χ0) is 15.2. The Morgan fingerprint density at radius 2 is 2.14 bits per heavy atom. The van der Waals surface area contributed by atoms with Crippen molar-refractivity contribution >= 4 is 43.0 Å². The average Bonchev–Trinajstić information content (AvgIpc) is 2.81. The second kappa shape index (κ2) is 5.52. The molecule has 3 rings (SSSR count). The zero-order valence-electron chi connectivity index (χ0n) is 11.6. The summed E-state index contributed by atoms with van der Waals surface area (Å²) in [4.78, 5) is 0.